The predicted octanol–water partition coefficient (Wildman–Crippen LogP) is 1.33. The van der Waals surface area contributed by atoms with E-state index in [2.05, 4.69) is 0 Å². The summed E-state index contributed by atoms with van der Waals surface area (Å²) >= 11 is 0. The molecular weight excluding hydrogens is 276 g/mol. The van der Waals surface area contributed by atoms with E-state index in [1.54, 1.807) is 24.3 Å². The number of aryl methyl sites for hydroxylation is 2. The Bertz CT molecular complexity index is 688. The van der Waals surface area contributed by atoms with E-state index in [1.807, 2.05) is 42.4 Å². The number of hydrogen-bond donors (Lipinski definition) is 0. The predicted molar refractivity (Wildman–Crippen MR) is 74.7 cm³/mol. The van der Waals surface area contributed by atoms with Crippen LogP contribution >= 0.6 is 0 Å². The molecule has 6 heteroatoms. The Morgan fingerprint density at radius 3 is 2.40 bits per heavy atom. The van der Waals surface area contributed by atoms with Gasteiger partial charge in [-0.05, 0) is 19.1 Å². The van der Waals surface area contributed by atoms with Gasteiger partial charge in [-0.1, -0.05) is 17.7 Å². The van der Waals surface area contributed by atoms with Gasteiger partial charge >= 0.3 is 0 Å². The van der Waals surface area contributed by atoms with Crippen molar-refractivity contribution in [1.29, 1.82) is 0 Å². The van der Waals surface area contributed by atoms with Crippen molar-refractivity contribution >= 4 is 10.1 Å². The van der Waals surface area contributed by atoms with Gasteiger partial charge in [-0.25, -0.2) is 9.13 Å². The van der Waals surface area contributed by atoms with E-state index >= 15 is 0 Å². The summed E-state index contributed by atoms with van der Waals surface area (Å²) in [7, 11) is -1.73. The van der Waals surface area contributed by atoms with Crippen molar-refractivity contribution < 1.29 is 17.2 Å². The molecule has 0 aliphatic heterocycles. The van der Waals surface area contributed by atoms with E-state index in [0.717, 1.165) is 11.4 Å². The van der Waals surface area contributed by atoms with Gasteiger partial charge in [0.15, 0.2) is 0 Å². The van der Waals surface area contributed by atoms with Crippen LogP contribution in [0.1, 0.15) is 11.4 Å². The highest BCUT2D eigenvalue weighted by atomic mass is 32.2. The molecule has 0 spiro atoms. The first-order valence-corrected chi connectivity index (χ1v) is 7.78. The summed E-state index contributed by atoms with van der Waals surface area (Å²) in [5.41, 5.74) is 1.01. The number of rotatable bonds is 5. The van der Waals surface area contributed by atoms with Gasteiger partial charge in [-0.15, -0.1) is 0 Å². The summed E-state index contributed by atoms with van der Waals surface area (Å²) in [6.45, 7) is 4.49. The van der Waals surface area contributed by atoms with Crippen LogP contribution in [0, 0.1) is 13.8 Å². The molecule has 5 nitrogen and oxygen atoms in total. The largest absolute Gasteiger partial charge is 0.297 e. The maximum atomic E-state index is 12.0. The molecule has 0 fully saturated rings. The number of imidazole rings is 1. The van der Waals surface area contributed by atoms with Gasteiger partial charge in [0, 0.05) is 6.92 Å². The SMILES string of the molecule is Cc1ccc(S(=O)(=O)OCCn2cc[n+](C)c2C)cc1. The van der Waals surface area contributed by atoms with Crippen LogP contribution in [0.3, 0.4) is 0 Å². The molecule has 0 N–H and O–H groups in total. The summed E-state index contributed by atoms with van der Waals surface area (Å²) in [5, 5.41) is 0. The van der Waals surface area contributed by atoms with Crippen molar-refractivity contribution in [1.82, 2.24) is 4.57 Å². The van der Waals surface area contributed by atoms with E-state index in [0.29, 0.717) is 6.54 Å². The van der Waals surface area contributed by atoms with E-state index in [9.17, 15) is 8.42 Å². The van der Waals surface area contributed by atoms with E-state index in [-0.39, 0.29) is 11.5 Å². The molecule has 1 aromatic carbocycles. The first kappa shape index (κ1) is 14.7. The van der Waals surface area contributed by atoms with Crippen molar-refractivity contribution in [3.05, 3.63) is 48.0 Å². The van der Waals surface area contributed by atoms with Gasteiger partial charge in [-0.3, -0.25) is 4.18 Å². The Hall–Kier alpha value is -1.66. The molecule has 108 valence electrons. The van der Waals surface area contributed by atoms with Gasteiger partial charge in [0.1, 0.15) is 25.5 Å². The number of hydrogen-bond acceptors (Lipinski definition) is 3. The molecule has 20 heavy (non-hydrogen) atoms. The van der Waals surface area contributed by atoms with Gasteiger partial charge < -0.3 is 0 Å². The van der Waals surface area contributed by atoms with Crippen molar-refractivity contribution in [2.24, 2.45) is 7.05 Å². The highest BCUT2D eigenvalue weighted by molar-refractivity contribution is 7.86. The van der Waals surface area contributed by atoms with E-state index in [1.165, 1.54) is 0 Å². The first-order chi connectivity index (χ1) is 9.40. The van der Waals surface area contributed by atoms with Crippen LogP contribution in [0.15, 0.2) is 41.6 Å². The smallest absolute Gasteiger partial charge is 0.262 e. The van der Waals surface area contributed by atoms with Crippen LogP contribution in [-0.4, -0.2) is 19.6 Å². The van der Waals surface area contributed by atoms with Crippen LogP contribution in [0.25, 0.3) is 0 Å². The lowest BCUT2D eigenvalue weighted by Gasteiger charge is -2.05. The lowest BCUT2D eigenvalue weighted by molar-refractivity contribution is -0.677. The molecule has 0 radical (unpaired) electrons. The first-order valence-electron chi connectivity index (χ1n) is 6.37. The molecule has 2 aromatic rings. The number of nitrogens with zero attached hydrogens (tertiary/aromatic N) is 2. The molecule has 0 amide bonds. The summed E-state index contributed by atoms with van der Waals surface area (Å²) < 4.78 is 33.0. The van der Waals surface area contributed by atoms with Crippen LogP contribution in [-0.2, 0) is 27.9 Å². The van der Waals surface area contributed by atoms with Crippen LogP contribution in [0.5, 0.6) is 0 Å². The van der Waals surface area contributed by atoms with E-state index in [4.69, 9.17) is 4.18 Å². The fourth-order valence-corrected chi connectivity index (χ4v) is 2.75. The average molecular weight is 295 g/mol. The standard InChI is InChI=1S/C14H19N2O3S/c1-12-4-6-14(7-5-12)20(17,18)19-11-10-16-9-8-15(3)13(16)2/h4-9H,10-11H2,1-3H3/q+1. The second-order valence-corrected chi connectivity index (χ2v) is 6.35. The van der Waals surface area contributed by atoms with Gasteiger partial charge in [0.25, 0.3) is 15.9 Å². The lowest BCUT2D eigenvalue weighted by Crippen LogP contribution is -2.30. The quantitative estimate of drug-likeness (QED) is 0.618. The zero-order valence-electron chi connectivity index (χ0n) is 11.9. The normalized spacial score (nSPS) is 11.8. The Morgan fingerprint density at radius 2 is 1.85 bits per heavy atom. The summed E-state index contributed by atoms with van der Waals surface area (Å²) in [6.07, 6.45) is 3.82. The minimum Gasteiger partial charge on any atom is -0.262 e. The Labute approximate surface area is 119 Å². The third-order valence-corrected chi connectivity index (χ3v) is 4.60. The molecule has 2 rings (SSSR count). The Kier molecular flexibility index (Phi) is 4.25. The molecule has 0 bridgehead atoms. The van der Waals surface area contributed by atoms with Crippen molar-refractivity contribution in [3.8, 4) is 0 Å². The molecule has 0 aliphatic carbocycles. The maximum Gasteiger partial charge on any atom is 0.297 e. The fraction of sp³-hybridized carbons (Fsp3) is 0.357. The number of aromatic nitrogens is 2. The number of benzene rings is 1. The zero-order chi connectivity index (χ0) is 14.8. The molecular formula is C14H19N2O3S+. The van der Waals surface area contributed by atoms with Crippen LogP contribution in [0.4, 0.5) is 0 Å². The van der Waals surface area contributed by atoms with Crippen LogP contribution in [0.2, 0.25) is 0 Å². The van der Waals surface area contributed by atoms with Crippen LogP contribution < -0.4 is 4.57 Å². The monoisotopic (exact) mass is 295 g/mol. The fourth-order valence-electron chi connectivity index (χ4n) is 1.85. The molecule has 0 saturated carbocycles. The van der Waals surface area contributed by atoms with Crippen molar-refractivity contribution in [3.63, 3.8) is 0 Å². The second kappa shape index (κ2) is 5.76. The average Bonchev–Trinajstić information content (AvgIpc) is 2.71. The molecule has 0 aliphatic rings. The van der Waals surface area contributed by atoms with Crippen molar-refractivity contribution in [2.75, 3.05) is 6.61 Å². The third-order valence-electron chi connectivity index (χ3n) is 3.28. The minimum atomic E-state index is -3.67. The molecule has 0 unspecified atom stereocenters. The van der Waals surface area contributed by atoms with E-state index < -0.39 is 10.1 Å². The Morgan fingerprint density at radius 1 is 1.20 bits per heavy atom. The topological polar surface area (TPSA) is 52.2 Å². The summed E-state index contributed by atoms with van der Waals surface area (Å²) in [5.74, 6) is 1.04. The minimum absolute atomic E-state index is 0.117. The van der Waals surface area contributed by atoms with Crippen molar-refractivity contribution in [2.45, 2.75) is 25.3 Å². The van der Waals surface area contributed by atoms with Gasteiger partial charge in [0.2, 0.25) is 0 Å². The summed E-state index contributed by atoms with van der Waals surface area (Å²) in [4.78, 5) is 0.192. The highest BCUT2D eigenvalue weighted by Gasteiger charge is 2.16. The highest BCUT2D eigenvalue weighted by Crippen LogP contribution is 2.13. The summed E-state index contributed by atoms with van der Waals surface area (Å²) in [6, 6.07) is 6.63. The van der Waals surface area contributed by atoms with Gasteiger partial charge in [0.05, 0.1) is 11.9 Å². The third kappa shape index (κ3) is 3.26. The molecule has 0 atom stereocenters. The molecule has 1 aromatic heterocycles. The molecule has 1 heterocycles. The second-order valence-electron chi connectivity index (χ2n) is 4.74. The molecule has 0 saturated heterocycles. The zero-order valence-corrected chi connectivity index (χ0v) is 12.7. The Balaban J connectivity index is 1.99. The van der Waals surface area contributed by atoms with Gasteiger partial charge in [-0.2, -0.15) is 8.42 Å². The maximum absolute atomic E-state index is 12.0. The lowest BCUT2D eigenvalue weighted by atomic mass is 10.2.